The highest BCUT2D eigenvalue weighted by Gasteiger charge is 2.33. The van der Waals surface area contributed by atoms with Crippen LogP contribution in [0.15, 0.2) is 28.7 Å². The SMILES string of the molecule is CCOC(O)COC(=O)N1CCC(O)CC1c1ccc(Br)cc1. The van der Waals surface area contributed by atoms with Crippen molar-refractivity contribution >= 4 is 22.0 Å². The average molecular weight is 388 g/mol. The van der Waals surface area contributed by atoms with Gasteiger partial charge in [-0.1, -0.05) is 28.1 Å². The predicted molar refractivity (Wildman–Crippen MR) is 87.8 cm³/mol. The maximum absolute atomic E-state index is 12.3. The first-order valence-corrected chi connectivity index (χ1v) is 8.47. The summed E-state index contributed by atoms with van der Waals surface area (Å²) in [5.41, 5.74) is 0.939. The van der Waals surface area contributed by atoms with Crippen LogP contribution in [-0.4, -0.2) is 53.4 Å². The fraction of sp³-hybridized carbons (Fsp3) is 0.562. The van der Waals surface area contributed by atoms with E-state index >= 15 is 0 Å². The van der Waals surface area contributed by atoms with Crippen molar-refractivity contribution in [2.75, 3.05) is 19.8 Å². The van der Waals surface area contributed by atoms with Crippen LogP contribution in [0, 0.1) is 0 Å². The molecule has 1 aliphatic rings. The highest BCUT2D eigenvalue weighted by molar-refractivity contribution is 9.10. The lowest BCUT2D eigenvalue weighted by Crippen LogP contribution is -2.43. The Kier molecular flexibility index (Phi) is 6.83. The predicted octanol–water partition coefficient (Wildman–Crippen LogP) is 2.44. The van der Waals surface area contributed by atoms with Crippen molar-refractivity contribution in [1.29, 1.82) is 0 Å². The molecular formula is C16H22BrNO5. The van der Waals surface area contributed by atoms with Crippen molar-refractivity contribution in [2.45, 2.75) is 38.2 Å². The van der Waals surface area contributed by atoms with E-state index in [2.05, 4.69) is 15.9 Å². The third-order valence-corrected chi connectivity index (χ3v) is 4.30. The van der Waals surface area contributed by atoms with Gasteiger partial charge in [0.25, 0.3) is 0 Å². The minimum atomic E-state index is -1.12. The number of piperidine rings is 1. The molecule has 0 bridgehead atoms. The quantitative estimate of drug-likeness (QED) is 0.758. The minimum Gasteiger partial charge on any atom is -0.444 e. The molecule has 0 aliphatic carbocycles. The van der Waals surface area contributed by atoms with Crippen LogP contribution in [0.2, 0.25) is 0 Å². The lowest BCUT2D eigenvalue weighted by atomic mass is 9.94. The van der Waals surface area contributed by atoms with Gasteiger partial charge in [-0.3, -0.25) is 0 Å². The summed E-state index contributed by atoms with van der Waals surface area (Å²) in [4.78, 5) is 13.9. The number of hydrogen-bond donors (Lipinski definition) is 2. The van der Waals surface area contributed by atoms with E-state index in [1.807, 2.05) is 24.3 Å². The number of halogens is 1. The summed E-state index contributed by atoms with van der Waals surface area (Å²) in [6, 6.07) is 7.39. The number of carbonyl (C=O) groups excluding carboxylic acids is 1. The normalized spacial score (nSPS) is 22.7. The zero-order chi connectivity index (χ0) is 16.8. The summed E-state index contributed by atoms with van der Waals surface area (Å²) < 4.78 is 11.0. The van der Waals surface area contributed by atoms with Gasteiger partial charge in [0, 0.05) is 17.6 Å². The van der Waals surface area contributed by atoms with E-state index < -0.39 is 18.5 Å². The van der Waals surface area contributed by atoms with Crippen LogP contribution in [-0.2, 0) is 9.47 Å². The molecule has 6 nitrogen and oxygen atoms in total. The number of ether oxygens (including phenoxy) is 2. The number of aliphatic hydroxyl groups is 2. The van der Waals surface area contributed by atoms with Crippen molar-refractivity contribution in [2.24, 2.45) is 0 Å². The number of amides is 1. The Morgan fingerprint density at radius 2 is 2.13 bits per heavy atom. The first-order valence-electron chi connectivity index (χ1n) is 7.67. The van der Waals surface area contributed by atoms with Crippen molar-refractivity contribution in [1.82, 2.24) is 4.90 Å². The molecule has 1 saturated heterocycles. The number of likely N-dealkylation sites (tertiary alicyclic amines) is 1. The molecule has 1 fully saturated rings. The summed E-state index contributed by atoms with van der Waals surface area (Å²) in [6.07, 6.45) is -1.10. The number of carbonyl (C=O) groups is 1. The summed E-state index contributed by atoms with van der Waals surface area (Å²) in [5, 5.41) is 19.4. The Morgan fingerprint density at radius 1 is 1.43 bits per heavy atom. The molecule has 1 heterocycles. The van der Waals surface area contributed by atoms with Gasteiger partial charge in [-0.15, -0.1) is 0 Å². The van der Waals surface area contributed by atoms with Crippen LogP contribution in [0.4, 0.5) is 4.79 Å². The number of rotatable bonds is 5. The highest BCUT2D eigenvalue weighted by atomic mass is 79.9. The Balaban J connectivity index is 2.04. The van der Waals surface area contributed by atoms with Crippen molar-refractivity contribution in [3.63, 3.8) is 0 Å². The molecule has 0 saturated carbocycles. The maximum Gasteiger partial charge on any atom is 0.410 e. The van der Waals surface area contributed by atoms with E-state index in [0.717, 1.165) is 10.0 Å². The van der Waals surface area contributed by atoms with Gasteiger partial charge in [-0.2, -0.15) is 0 Å². The van der Waals surface area contributed by atoms with Crippen LogP contribution < -0.4 is 0 Å². The summed E-state index contributed by atoms with van der Waals surface area (Å²) in [5.74, 6) is 0. The second-order valence-electron chi connectivity index (χ2n) is 5.43. The molecule has 7 heteroatoms. The molecule has 2 N–H and O–H groups in total. The molecule has 0 spiro atoms. The molecule has 2 rings (SSSR count). The summed E-state index contributed by atoms with van der Waals surface area (Å²) in [6.45, 7) is 2.29. The van der Waals surface area contributed by atoms with Gasteiger partial charge in [0.15, 0.2) is 6.29 Å². The van der Waals surface area contributed by atoms with E-state index in [4.69, 9.17) is 9.47 Å². The third-order valence-electron chi connectivity index (χ3n) is 3.77. The van der Waals surface area contributed by atoms with Gasteiger partial charge in [-0.25, -0.2) is 4.79 Å². The summed E-state index contributed by atoms with van der Waals surface area (Å²) >= 11 is 3.38. The van der Waals surface area contributed by atoms with E-state index in [9.17, 15) is 15.0 Å². The molecule has 0 radical (unpaired) electrons. The fourth-order valence-corrected chi connectivity index (χ4v) is 2.90. The minimum absolute atomic E-state index is 0.210. The second kappa shape index (κ2) is 8.63. The van der Waals surface area contributed by atoms with E-state index in [0.29, 0.717) is 26.0 Å². The highest BCUT2D eigenvalue weighted by Crippen LogP contribution is 2.32. The van der Waals surface area contributed by atoms with Gasteiger partial charge < -0.3 is 24.6 Å². The maximum atomic E-state index is 12.3. The van der Waals surface area contributed by atoms with Gasteiger partial charge >= 0.3 is 6.09 Å². The van der Waals surface area contributed by atoms with Gasteiger partial charge in [0.1, 0.15) is 6.61 Å². The topological polar surface area (TPSA) is 79.2 Å². The number of benzene rings is 1. The van der Waals surface area contributed by atoms with Crippen LogP contribution in [0.25, 0.3) is 0 Å². The molecule has 23 heavy (non-hydrogen) atoms. The zero-order valence-electron chi connectivity index (χ0n) is 13.0. The average Bonchev–Trinajstić information content (AvgIpc) is 2.53. The second-order valence-corrected chi connectivity index (χ2v) is 6.34. The smallest absolute Gasteiger partial charge is 0.410 e. The fourth-order valence-electron chi connectivity index (χ4n) is 2.63. The van der Waals surface area contributed by atoms with Crippen LogP contribution in [0.5, 0.6) is 0 Å². The lowest BCUT2D eigenvalue weighted by Gasteiger charge is -2.37. The summed E-state index contributed by atoms with van der Waals surface area (Å²) in [7, 11) is 0. The Bertz CT molecular complexity index is 510. The lowest BCUT2D eigenvalue weighted by molar-refractivity contribution is -0.125. The standard InChI is InChI=1S/C16H22BrNO5/c1-2-22-15(20)10-23-16(21)18-8-7-13(19)9-14(18)11-3-5-12(17)6-4-11/h3-6,13-15,19-20H,2,7-10H2,1H3. The molecule has 1 aromatic carbocycles. The van der Waals surface area contributed by atoms with Crippen molar-refractivity contribution < 1.29 is 24.5 Å². The van der Waals surface area contributed by atoms with E-state index in [-0.39, 0.29) is 12.6 Å². The first kappa shape index (κ1) is 18.2. The number of hydrogen-bond acceptors (Lipinski definition) is 5. The van der Waals surface area contributed by atoms with Gasteiger partial charge in [-0.05, 0) is 37.5 Å². The van der Waals surface area contributed by atoms with Gasteiger partial charge in [0.05, 0.1) is 12.1 Å². The van der Waals surface area contributed by atoms with Gasteiger partial charge in [0.2, 0.25) is 0 Å². The van der Waals surface area contributed by atoms with Crippen LogP contribution in [0.3, 0.4) is 0 Å². The Labute approximate surface area is 144 Å². The monoisotopic (exact) mass is 387 g/mol. The van der Waals surface area contributed by atoms with E-state index in [1.54, 1.807) is 11.8 Å². The molecule has 3 unspecified atom stereocenters. The molecule has 1 aliphatic heterocycles. The zero-order valence-corrected chi connectivity index (χ0v) is 14.6. The largest absolute Gasteiger partial charge is 0.444 e. The molecule has 128 valence electrons. The molecule has 1 aromatic rings. The molecule has 0 aromatic heterocycles. The first-order chi connectivity index (χ1) is 11.0. The Hall–Kier alpha value is -1.15. The van der Waals surface area contributed by atoms with Crippen molar-refractivity contribution in [3.8, 4) is 0 Å². The van der Waals surface area contributed by atoms with E-state index in [1.165, 1.54) is 0 Å². The molecular weight excluding hydrogens is 366 g/mol. The number of nitrogens with zero attached hydrogens (tertiary/aromatic N) is 1. The van der Waals surface area contributed by atoms with Crippen LogP contribution in [0.1, 0.15) is 31.4 Å². The third kappa shape index (κ3) is 5.17. The number of aliphatic hydroxyl groups excluding tert-OH is 2. The molecule has 1 amide bonds. The van der Waals surface area contributed by atoms with Crippen LogP contribution >= 0.6 is 15.9 Å². The van der Waals surface area contributed by atoms with Crippen molar-refractivity contribution in [3.05, 3.63) is 34.3 Å². The molecule has 3 atom stereocenters. The Morgan fingerprint density at radius 3 is 2.78 bits per heavy atom.